The second-order valence-electron chi connectivity index (χ2n) is 3.10. The standard InChI is InChI=1S/C8H14F2N2O/c1-2-8(9,10)7(13)12-5-3-11-4-6-12/h11H,2-6H2,1H3. The predicted molar refractivity (Wildman–Crippen MR) is 44.7 cm³/mol. The Morgan fingerprint density at radius 2 is 2.00 bits per heavy atom. The zero-order valence-electron chi connectivity index (χ0n) is 7.65. The van der Waals surface area contributed by atoms with Gasteiger partial charge in [0.2, 0.25) is 0 Å². The number of hydrogen-bond acceptors (Lipinski definition) is 2. The summed E-state index contributed by atoms with van der Waals surface area (Å²) in [5.41, 5.74) is 0. The number of nitrogens with one attached hydrogen (secondary N) is 1. The topological polar surface area (TPSA) is 32.3 Å². The number of halogens is 2. The van der Waals surface area contributed by atoms with Crippen molar-refractivity contribution in [3.05, 3.63) is 0 Å². The van der Waals surface area contributed by atoms with Crippen LogP contribution in [0.2, 0.25) is 0 Å². The van der Waals surface area contributed by atoms with E-state index in [1.165, 1.54) is 11.8 Å². The fraction of sp³-hybridized carbons (Fsp3) is 0.875. The third kappa shape index (κ3) is 2.37. The van der Waals surface area contributed by atoms with Crippen LogP contribution in [0.1, 0.15) is 13.3 Å². The molecule has 1 fully saturated rings. The molecule has 76 valence electrons. The van der Waals surface area contributed by atoms with Crippen molar-refractivity contribution < 1.29 is 13.6 Å². The molecule has 0 atom stereocenters. The maximum atomic E-state index is 12.9. The highest BCUT2D eigenvalue weighted by molar-refractivity contribution is 5.83. The van der Waals surface area contributed by atoms with Crippen LogP contribution < -0.4 is 5.32 Å². The maximum absolute atomic E-state index is 12.9. The molecule has 13 heavy (non-hydrogen) atoms. The van der Waals surface area contributed by atoms with Gasteiger partial charge in [0.05, 0.1) is 0 Å². The van der Waals surface area contributed by atoms with Crippen molar-refractivity contribution in [2.24, 2.45) is 0 Å². The SMILES string of the molecule is CCC(F)(F)C(=O)N1CCNCC1. The summed E-state index contributed by atoms with van der Waals surface area (Å²) in [6, 6.07) is 0. The normalized spacial score (nSPS) is 18.8. The van der Waals surface area contributed by atoms with Crippen molar-refractivity contribution >= 4 is 5.91 Å². The summed E-state index contributed by atoms with van der Waals surface area (Å²) in [4.78, 5) is 12.4. The van der Waals surface area contributed by atoms with E-state index in [1.54, 1.807) is 0 Å². The van der Waals surface area contributed by atoms with E-state index in [-0.39, 0.29) is 0 Å². The van der Waals surface area contributed by atoms with E-state index in [0.717, 1.165) is 0 Å². The molecular weight excluding hydrogens is 178 g/mol. The average Bonchev–Trinajstić information content (AvgIpc) is 2.18. The molecule has 0 aromatic carbocycles. The molecule has 1 amide bonds. The maximum Gasteiger partial charge on any atom is 0.324 e. The molecule has 5 heteroatoms. The van der Waals surface area contributed by atoms with Gasteiger partial charge in [0.1, 0.15) is 0 Å². The van der Waals surface area contributed by atoms with Crippen LogP contribution >= 0.6 is 0 Å². The Kier molecular flexibility index (Phi) is 3.19. The minimum absolute atomic E-state index is 0.383. The molecule has 0 bridgehead atoms. The number of carbonyl (C=O) groups excluding carboxylic acids is 1. The summed E-state index contributed by atoms with van der Waals surface area (Å²) in [5, 5.41) is 3.00. The summed E-state index contributed by atoms with van der Waals surface area (Å²) in [6.07, 6.45) is -0.421. The number of hydrogen-bond donors (Lipinski definition) is 1. The average molecular weight is 192 g/mol. The molecule has 1 aliphatic rings. The summed E-state index contributed by atoms with van der Waals surface area (Å²) in [6.45, 7) is 3.29. The van der Waals surface area contributed by atoms with E-state index in [9.17, 15) is 13.6 Å². The zero-order valence-corrected chi connectivity index (χ0v) is 7.65. The molecular formula is C8H14F2N2O. The van der Waals surface area contributed by atoms with E-state index < -0.39 is 18.3 Å². The molecule has 1 heterocycles. The van der Waals surface area contributed by atoms with Crippen molar-refractivity contribution in [2.75, 3.05) is 26.2 Å². The van der Waals surface area contributed by atoms with Crippen molar-refractivity contribution in [3.8, 4) is 0 Å². The Morgan fingerprint density at radius 3 is 2.46 bits per heavy atom. The van der Waals surface area contributed by atoms with Gasteiger partial charge in [-0.05, 0) is 0 Å². The molecule has 0 unspecified atom stereocenters. The highest BCUT2D eigenvalue weighted by Crippen LogP contribution is 2.20. The van der Waals surface area contributed by atoms with Crippen LogP contribution in [-0.4, -0.2) is 42.9 Å². The second-order valence-corrected chi connectivity index (χ2v) is 3.10. The summed E-state index contributed by atoms with van der Waals surface area (Å²) in [5.74, 6) is -4.21. The van der Waals surface area contributed by atoms with Crippen molar-refractivity contribution in [2.45, 2.75) is 19.3 Å². The van der Waals surface area contributed by atoms with E-state index in [2.05, 4.69) is 5.32 Å². The van der Waals surface area contributed by atoms with Crippen LogP contribution in [-0.2, 0) is 4.79 Å². The van der Waals surface area contributed by atoms with Gasteiger partial charge in [-0.15, -0.1) is 0 Å². The Morgan fingerprint density at radius 1 is 1.46 bits per heavy atom. The van der Waals surface area contributed by atoms with Gasteiger partial charge in [-0.3, -0.25) is 4.79 Å². The van der Waals surface area contributed by atoms with Crippen LogP contribution in [0.3, 0.4) is 0 Å². The fourth-order valence-electron chi connectivity index (χ4n) is 1.25. The fourth-order valence-corrected chi connectivity index (χ4v) is 1.25. The largest absolute Gasteiger partial charge is 0.335 e. The molecule has 0 radical (unpaired) electrons. The minimum Gasteiger partial charge on any atom is -0.335 e. The third-order valence-corrected chi connectivity index (χ3v) is 2.16. The van der Waals surface area contributed by atoms with Crippen molar-refractivity contribution in [1.29, 1.82) is 0 Å². The van der Waals surface area contributed by atoms with E-state index in [4.69, 9.17) is 0 Å². The van der Waals surface area contributed by atoms with Crippen LogP contribution in [0, 0.1) is 0 Å². The Labute approximate surface area is 76.1 Å². The third-order valence-electron chi connectivity index (χ3n) is 2.16. The van der Waals surface area contributed by atoms with Gasteiger partial charge >= 0.3 is 5.92 Å². The lowest BCUT2D eigenvalue weighted by molar-refractivity contribution is -0.158. The molecule has 1 rings (SSSR count). The summed E-state index contributed by atoms with van der Waals surface area (Å²) in [7, 11) is 0. The van der Waals surface area contributed by atoms with Gasteiger partial charge in [0.15, 0.2) is 0 Å². The number of piperazine rings is 1. The lowest BCUT2D eigenvalue weighted by atomic mass is 10.2. The smallest absolute Gasteiger partial charge is 0.324 e. The van der Waals surface area contributed by atoms with E-state index >= 15 is 0 Å². The lowest BCUT2D eigenvalue weighted by Crippen LogP contribution is -2.51. The summed E-state index contributed by atoms with van der Waals surface area (Å²) < 4.78 is 25.8. The van der Waals surface area contributed by atoms with Crippen LogP contribution in [0.15, 0.2) is 0 Å². The first-order valence-electron chi connectivity index (χ1n) is 4.46. The van der Waals surface area contributed by atoms with Gasteiger partial charge < -0.3 is 10.2 Å². The number of amides is 1. The Hall–Kier alpha value is -0.710. The monoisotopic (exact) mass is 192 g/mol. The molecule has 0 aromatic rings. The predicted octanol–water partition coefficient (Wildman–Crippen LogP) is 0.464. The second kappa shape index (κ2) is 4.00. The van der Waals surface area contributed by atoms with Crippen molar-refractivity contribution in [3.63, 3.8) is 0 Å². The molecule has 0 saturated carbocycles. The van der Waals surface area contributed by atoms with Crippen LogP contribution in [0.4, 0.5) is 8.78 Å². The highest BCUT2D eigenvalue weighted by atomic mass is 19.3. The first-order chi connectivity index (χ1) is 6.08. The summed E-state index contributed by atoms with van der Waals surface area (Å²) >= 11 is 0. The molecule has 1 saturated heterocycles. The quantitative estimate of drug-likeness (QED) is 0.689. The first-order valence-corrected chi connectivity index (χ1v) is 4.46. The minimum atomic E-state index is -3.18. The molecule has 1 N–H and O–H groups in total. The number of rotatable bonds is 2. The molecule has 0 aliphatic carbocycles. The van der Waals surface area contributed by atoms with E-state index in [0.29, 0.717) is 26.2 Å². The molecule has 0 spiro atoms. The van der Waals surface area contributed by atoms with E-state index in [1.807, 2.05) is 0 Å². The molecule has 3 nitrogen and oxygen atoms in total. The van der Waals surface area contributed by atoms with Gasteiger partial charge in [-0.2, -0.15) is 8.78 Å². The Balaban J connectivity index is 2.55. The Bertz CT molecular complexity index is 191. The van der Waals surface area contributed by atoms with Crippen LogP contribution in [0.25, 0.3) is 0 Å². The van der Waals surface area contributed by atoms with Gasteiger partial charge in [0, 0.05) is 32.6 Å². The first kappa shape index (κ1) is 10.4. The lowest BCUT2D eigenvalue weighted by Gasteiger charge is -2.30. The number of alkyl halides is 2. The number of nitrogens with zero attached hydrogens (tertiary/aromatic N) is 1. The highest BCUT2D eigenvalue weighted by Gasteiger charge is 2.40. The number of carbonyl (C=O) groups is 1. The van der Waals surface area contributed by atoms with Gasteiger partial charge in [-0.25, -0.2) is 0 Å². The molecule has 1 aliphatic heterocycles. The zero-order chi connectivity index (χ0) is 9.90. The van der Waals surface area contributed by atoms with Gasteiger partial charge in [0.25, 0.3) is 5.91 Å². The van der Waals surface area contributed by atoms with Gasteiger partial charge in [-0.1, -0.05) is 6.92 Å². The van der Waals surface area contributed by atoms with Crippen LogP contribution in [0.5, 0.6) is 0 Å². The van der Waals surface area contributed by atoms with Crippen molar-refractivity contribution in [1.82, 2.24) is 10.2 Å². The molecule has 0 aromatic heterocycles.